The lowest BCUT2D eigenvalue weighted by atomic mass is 10.1. The maximum atomic E-state index is 11.1. The van der Waals surface area contributed by atoms with E-state index in [1.807, 2.05) is 0 Å². The lowest BCUT2D eigenvalue weighted by Gasteiger charge is -2.02. The highest BCUT2D eigenvalue weighted by atomic mass is 35.5. The van der Waals surface area contributed by atoms with Crippen LogP contribution in [0.2, 0.25) is 5.02 Å². The van der Waals surface area contributed by atoms with Gasteiger partial charge in [0.1, 0.15) is 0 Å². The van der Waals surface area contributed by atoms with Gasteiger partial charge in [-0.05, 0) is 23.8 Å². The number of carbonyl (C=O) groups excluding carboxylic acids is 1. The number of carbonyl (C=O) groups is 1. The normalized spacial score (nSPS) is 9.77. The third kappa shape index (κ3) is 2.36. The summed E-state index contributed by atoms with van der Waals surface area (Å²) >= 11 is 11.4. The van der Waals surface area contributed by atoms with Gasteiger partial charge in [-0.15, -0.1) is 11.6 Å². The predicted octanol–water partition coefficient (Wildman–Crippen LogP) is 2.87. The Bertz CT molecular complexity index is 323. The number of benzene rings is 1. The van der Waals surface area contributed by atoms with E-state index in [4.69, 9.17) is 23.2 Å². The van der Waals surface area contributed by atoms with Gasteiger partial charge >= 0.3 is 5.97 Å². The molecule has 0 atom stereocenters. The molecule has 0 N–H and O–H groups in total. The van der Waals surface area contributed by atoms with Crippen molar-refractivity contribution in [3.05, 3.63) is 34.3 Å². The molecule has 0 saturated heterocycles. The highest BCUT2D eigenvalue weighted by Crippen LogP contribution is 2.19. The van der Waals surface area contributed by atoms with Crippen molar-refractivity contribution in [2.75, 3.05) is 7.11 Å². The molecule has 1 rings (SSSR count). The number of rotatable bonds is 2. The fraction of sp³-hybridized carbons (Fsp3) is 0.222. The minimum Gasteiger partial charge on any atom is -0.465 e. The number of halogens is 2. The van der Waals surface area contributed by atoms with Crippen LogP contribution in [0.25, 0.3) is 0 Å². The standard InChI is InChI=1S/C9H8Cl2O2/c1-13-9(12)6-2-3-8(11)7(4-6)5-10/h2-4H,5H2,1H3. The van der Waals surface area contributed by atoms with Crippen LogP contribution in [0.5, 0.6) is 0 Å². The summed E-state index contributed by atoms with van der Waals surface area (Å²) in [6.45, 7) is 0. The van der Waals surface area contributed by atoms with E-state index < -0.39 is 0 Å². The van der Waals surface area contributed by atoms with Crippen LogP contribution in [-0.2, 0) is 10.6 Å². The summed E-state index contributed by atoms with van der Waals surface area (Å²) in [5, 5.41) is 0.558. The van der Waals surface area contributed by atoms with Crippen molar-refractivity contribution >= 4 is 29.2 Å². The van der Waals surface area contributed by atoms with Crippen LogP contribution in [0.15, 0.2) is 18.2 Å². The molecule has 0 aliphatic heterocycles. The van der Waals surface area contributed by atoms with Crippen molar-refractivity contribution < 1.29 is 9.53 Å². The second-order valence-electron chi connectivity index (χ2n) is 2.43. The Morgan fingerprint density at radius 1 is 1.54 bits per heavy atom. The van der Waals surface area contributed by atoms with E-state index in [0.717, 1.165) is 5.56 Å². The SMILES string of the molecule is COC(=O)c1ccc(Cl)c(CCl)c1. The molecule has 2 nitrogen and oxygen atoms in total. The topological polar surface area (TPSA) is 26.3 Å². The summed E-state index contributed by atoms with van der Waals surface area (Å²) in [5.74, 6) is -0.105. The molecule has 1 aromatic carbocycles. The van der Waals surface area contributed by atoms with Gasteiger partial charge in [0.05, 0.1) is 12.7 Å². The molecule has 0 aliphatic rings. The van der Waals surface area contributed by atoms with Crippen molar-refractivity contribution in [1.29, 1.82) is 0 Å². The van der Waals surface area contributed by atoms with Gasteiger partial charge in [0, 0.05) is 10.9 Å². The lowest BCUT2D eigenvalue weighted by Crippen LogP contribution is -2.01. The predicted molar refractivity (Wildman–Crippen MR) is 52.3 cm³/mol. The van der Waals surface area contributed by atoms with Crippen molar-refractivity contribution in [2.24, 2.45) is 0 Å². The molecule has 0 spiro atoms. The number of alkyl halides is 1. The number of hydrogen-bond acceptors (Lipinski definition) is 2. The molecule has 0 bridgehead atoms. The van der Waals surface area contributed by atoms with Crippen LogP contribution in [0.4, 0.5) is 0 Å². The van der Waals surface area contributed by atoms with Crippen molar-refractivity contribution in [3.8, 4) is 0 Å². The fourth-order valence-corrected chi connectivity index (χ4v) is 1.40. The molecule has 0 aromatic heterocycles. The van der Waals surface area contributed by atoms with E-state index in [9.17, 15) is 4.79 Å². The molecule has 70 valence electrons. The number of ether oxygens (including phenoxy) is 1. The Morgan fingerprint density at radius 3 is 2.77 bits per heavy atom. The van der Waals surface area contributed by atoms with Gasteiger partial charge in [-0.1, -0.05) is 11.6 Å². The summed E-state index contributed by atoms with van der Waals surface area (Å²) in [4.78, 5) is 11.1. The minimum atomic E-state index is -0.386. The highest BCUT2D eigenvalue weighted by molar-refractivity contribution is 6.32. The monoisotopic (exact) mass is 218 g/mol. The first-order valence-electron chi connectivity index (χ1n) is 3.61. The van der Waals surface area contributed by atoms with Gasteiger partial charge in [-0.25, -0.2) is 4.79 Å². The molecule has 0 aliphatic carbocycles. The summed E-state index contributed by atoms with van der Waals surface area (Å²) in [5.41, 5.74) is 1.19. The Labute approximate surface area is 86.4 Å². The Hall–Kier alpha value is -0.730. The summed E-state index contributed by atoms with van der Waals surface area (Å²) in [6.07, 6.45) is 0. The maximum absolute atomic E-state index is 11.1. The van der Waals surface area contributed by atoms with Crippen LogP contribution in [0.3, 0.4) is 0 Å². The zero-order valence-electron chi connectivity index (χ0n) is 7.01. The van der Waals surface area contributed by atoms with Crippen molar-refractivity contribution in [3.63, 3.8) is 0 Å². The average Bonchev–Trinajstić information content (AvgIpc) is 2.17. The van der Waals surface area contributed by atoms with Crippen LogP contribution < -0.4 is 0 Å². The van der Waals surface area contributed by atoms with Crippen LogP contribution in [0, 0.1) is 0 Å². The molecule has 0 radical (unpaired) electrons. The van der Waals surface area contributed by atoms with Crippen molar-refractivity contribution in [2.45, 2.75) is 5.88 Å². The molecule has 0 fully saturated rings. The van der Waals surface area contributed by atoms with Crippen LogP contribution in [-0.4, -0.2) is 13.1 Å². The van der Waals surface area contributed by atoms with Crippen molar-refractivity contribution in [1.82, 2.24) is 0 Å². The molecular formula is C9H8Cl2O2. The molecule has 0 heterocycles. The van der Waals surface area contributed by atoms with E-state index >= 15 is 0 Å². The third-order valence-corrected chi connectivity index (χ3v) is 2.27. The third-order valence-electron chi connectivity index (χ3n) is 1.61. The molecule has 13 heavy (non-hydrogen) atoms. The second-order valence-corrected chi connectivity index (χ2v) is 3.11. The number of hydrogen-bond donors (Lipinski definition) is 0. The van der Waals surface area contributed by atoms with E-state index in [1.54, 1.807) is 18.2 Å². The molecule has 1 aromatic rings. The number of esters is 1. The zero-order chi connectivity index (χ0) is 9.84. The quantitative estimate of drug-likeness (QED) is 0.564. The summed E-state index contributed by atoms with van der Waals surface area (Å²) in [6, 6.07) is 4.86. The Morgan fingerprint density at radius 2 is 2.23 bits per heavy atom. The highest BCUT2D eigenvalue weighted by Gasteiger charge is 2.07. The summed E-state index contributed by atoms with van der Waals surface area (Å²) in [7, 11) is 1.33. The molecule has 0 saturated carbocycles. The van der Waals surface area contributed by atoms with Gasteiger partial charge in [-0.2, -0.15) is 0 Å². The fourth-order valence-electron chi connectivity index (χ4n) is 0.922. The summed E-state index contributed by atoms with van der Waals surface area (Å²) < 4.78 is 4.55. The van der Waals surface area contributed by atoms with E-state index in [2.05, 4.69) is 4.74 Å². The van der Waals surface area contributed by atoms with Gasteiger partial charge in [0.2, 0.25) is 0 Å². The average molecular weight is 219 g/mol. The Kier molecular flexibility index (Phi) is 3.58. The zero-order valence-corrected chi connectivity index (χ0v) is 8.52. The Balaban J connectivity index is 3.06. The molecule has 4 heteroatoms. The first kappa shape index (κ1) is 10.4. The molecule has 0 amide bonds. The van der Waals surface area contributed by atoms with Gasteiger partial charge in [0.25, 0.3) is 0 Å². The number of methoxy groups -OCH3 is 1. The minimum absolute atomic E-state index is 0.281. The van der Waals surface area contributed by atoms with Crippen LogP contribution in [0.1, 0.15) is 15.9 Å². The van der Waals surface area contributed by atoms with Gasteiger partial charge < -0.3 is 4.74 Å². The van der Waals surface area contributed by atoms with E-state index in [1.165, 1.54) is 7.11 Å². The first-order chi connectivity index (χ1) is 6.19. The van der Waals surface area contributed by atoms with Gasteiger partial charge in [-0.3, -0.25) is 0 Å². The largest absolute Gasteiger partial charge is 0.465 e. The van der Waals surface area contributed by atoms with Crippen LogP contribution >= 0.6 is 23.2 Å². The van der Waals surface area contributed by atoms with E-state index in [-0.39, 0.29) is 11.8 Å². The second kappa shape index (κ2) is 4.49. The van der Waals surface area contributed by atoms with E-state index in [0.29, 0.717) is 10.6 Å². The van der Waals surface area contributed by atoms with Gasteiger partial charge in [0.15, 0.2) is 0 Å². The molecular weight excluding hydrogens is 211 g/mol. The first-order valence-corrected chi connectivity index (χ1v) is 4.53. The molecule has 0 unspecified atom stereocenters. The lowest BCUT2D eigenvalue weighted by molar-refractivity contribution is 0.0600. The smallest absolute Gasteiger partial charge is 0.337 e. The maximum Gasteiger partial charge on any atom is 0.337 e.